The molecule has 0 atom stereocenters. The Hall–Kier alpha value is -3.33. The highest BCUT2D eigenvalue weighted by molar-refractivity contribution is 7.99. The largest absolute Gasteiger partial charge is 0.459 e. The van der Waals surface area contributed by atoms with Gasteiger partial charge in [0.2, 0.25) is 5.91 Å². The standard InChI is InChI=1S/C22H22N4O4S/c1-2-9-26-20(28)16-6-3-4-7-17(16)23-22(26)31-15-19(27)24-10-12-25(13-11-24)21(29)18-8-5-14-30-18/h2-8,14H,1,9-13,15H2. The molecule has 160 valence electrons. The molecule has 0 unspecified atom stereocenters. The fraction of sp³-hybridized carbons (Fsp3) is 0.273. The Morgan fingerprint density at radius 3 is 2.55 bits per heavy atom. The molecule has 0 bridgehead atoms. The monoisotopic (exact) mass is 438 g/mol. The molecule has 4 rings (SSSR count). The van der Waals surface area contributed by atoms with Crippen LogP contribution in [0.1, 0.15) is 10.6 Å². The van der Waals surface area contributed by atoms with Gasteiger partial charge in [-0.05, 0) is 24.3 Å². The summed E-state index contributed by atoms with van der Waals surface area (Å²) in [6.45, 7) is 5.85. The summed E-state index contributed by atoms with van der Waals surface area (Å²) in [5.74, 6) is 0.245. The predicted octanol–water partition coefficient (Wildman–Crippen LogP) is 2.25. The smallest absolute Gasteiger partial charge is 0.289 e. The van der Waals surface area contributed by atoms with Gasteiger partial charge in [-0.15, -0.1) is 6.58 Å². The van der Waals surface area contributed by atoms with E-state index in [2.05, 4.69) is 11.6 Å². The number of furan rings is 1. The van der Waals surface area contributed by atoms with Crippen molar-refractivity contribution in [2.75, 3.05) is 31.9 Å². The highest BCUT2D eigenvalue weighted by atomic mass is 32.2. The molecule has 2 aromatic heterocycles. The third-order valence-corrected chi connectivity index (χ3v) is 6.08. The zero-order valence-corrected chi connectivity index (χ0v) is 17.7. The maximum atomic E-state index is 12.8. The fourth-order valence-electron chi connectivity index (χ4n) is 3.48. The summed E-state index contributed by atoms with van der Waals surface area (Å²) in [5, 5.41) is 1.03. The molecular formula is C22H22N4O4S. The number of para-hydroxylation sites is 1. The van der Waals surface area contributed by atoms with E-state index in [0.29, 0.717) is 54.5 Å². The molecule has 31 heavy (non-hydrogen) atoms. The Bertz CT molecular complexity index is 1160. The second kappa shape index (κ2) is 9.22. The number of carbonyl (C=O) groups is 2. The lowest BCUT2D eigenvalue weighted by Gasteiger charge is -2.34. The second-order valence-electron chi connectivity index (χ2n) is 7.05. The lowest BCUT2D eigenvalue weighted by Crippen LogP contribution is -2.51. The molecule has 1 aromatic carbocycles. The Morgan fingerprint density at radius 1 is 1.10 bits per heavy atom. The van der Waals surface area contributed by atoms with Crippen molar-refractivity contribution < 1.29 is 14.0 Å². The number of fused-ring (bicyclic) bond motifs is 1. The van der Waals surface area contributed by atoms with Crippen molar-refractivity contribution in [1.29, 1.82) is 0 Å². The molecule has 0 saturated carbocycles. The molecule has 0 spiro atoms. The molecule has 1 fully saturated rings. The van der Waals surface area contributed by atoms with Gasteiger partial charge < -0.3 is 14.2 Å². The Kier molecular flexibility index (Phi) is 6.22. The van der Waals surface area contributed by atoms with Crippen LogP contribution in [-0.4, -0.2) is 63.1 Å². The predicted molar refractivity (Wildman–Crippen MR) is 118 cm³/mol. The van der Waals surface area contributed by atoms with Crippen LogP contribution in [0.25, 0.3) is 10.9 Å². The fourth-order valence-corrected chi connectivity index (χ4v) is 4.39. The Labute approximate surface area is 183 Å². The van der Waals surface area contributed by atoms with Crippen LogP contribution in [0.3, 0.4) is 0 Å². The number of nitrogens with zero attached hydrogens (tertiary/aromatic N) is 4. The maximum absolute atomic E-state index is 12.8. The van der Waals surface area contributed by atoms with Gasteiger partial charge in [-0.2, -0.15) is 0 Å². The normalized spacial score (nSPS) is 14.1. The van der Waals surface area contributed by atoms with Crippen LogP contribution in [0.4, 0.5) is 0 Å². The van der Waals surface area contributed by atoms with Gasteiger partial charge in [0.1, 0.15) is 0 Å². The van der Waals surface area contributed by atoms with E-state index >= 15 is 0 Å². The van der Waals surface area contributed by atoms with Gasteiger partial charge in [0.05, 0.1) is 22.9 Å². The van der Waals surface area contributed by atoms with Crippen molar-refractivity contribution in [2.45, 2.75) is 11.7 Å². The van der Waals surface area contributed by atoms with Crippen LogP contribution >= 0.6 is 11.8 Å². The van der Waals surface area contributed by atoms with E-state index in [9.17, 15) is 14.4 Å². The quantitative estimate of drug-likeness (QED) is 0.333. The average molecular weight is 439 g/mol. The summed E-state index contributed by atoms with van der Waals surface area (Å²) in [6.07, 6.45) is 3.11. The average Bonchev–Trinajstić information content (AvgIpc) is 3.34. The number of thioether (sulfide) groups is 1. The van der Waals surface area contributed by atoms with Crippen LogP contribution < -0.4 is 5.56 Å². The zero-order chi connectivity index (χ0) is 21.8. The molecule has 1 aliphatic rings. The summed E-state index contributed by atoms with van der Waals surface area (Å²) in [4.78, 5) is 45.9. The van der Waals surface area contributed by atoms with Crippen molar-refractivity contribution in [1.82, 2.24) is 19.4 Å². The first kappa shape index (κ1) is 20.9. The molecule has 8 nitrogen and oxygen atoms in total. The molecular weight excluding hydrogens is 416 g/mol. The molecule has 3 aromatic rings. The first-order valence-electron chi connectivity index (χ1n) is 9.92. The number of rotatable bonds is 6. The van der Waals surface area contributed by atoms with Crippen molar-refractivity contribution >= 4 is 34.5 Å². The lowest BCUT2D eigenvalue weighted by atomic mass is 10.2. The van der Waals surface area contributed by atoms with Crippen LogP contribution in [-0.2, 0) is 11.3 Å². The number of hydrogen-bond acceptors (Lipinski definition) is 6. The number of carbonyl (C=O) groups excluding carboxylic acids is 2. The molecule has 1 aliphatic heterocycles. The highest BCUT2D eigenvalue weighted by Crippen LogP contribution is 2.19. The molecule has 0 radical (unpaired) electrons. The van der Waals surface area contributed by atoms with Crippen LogP contribution in [0.15, 0.2) is 69.7 Å². The second-order valence-corrected chi connectivity index (χ2v) is 8.00. The summed E-state index contributed by atoms with van der Waals surface area (Å²) in [6, 6.07) is 10.5. The van der Waals surface area contributed by atoms with E-state index in [1.54, 1.807) is 46.2 Å². The number of amides is 2. The van der Waals surface area contributed by atoms with E-state index in [1.165, 1.54) is 22.6 Å². The first-order chi connectivity index (χ1) is 15.1. The third kappa shape index (κ3) is 4.41. The highest BCUT2D eigenvalue weighted by Gasteiger charge is 2.26. The van der Waals surface area contributed by atoms with E-state index in [0.717, 1.165) is 0 Å². The molecule has 9 heteroatoms. The summed E-state index contributed by atoms with van der Waals surface area (Å²) < 4.78 is 6.70. The maximum Gasteiger partial charge on any atom is 0.289 e. The molecule has 0 aliphatic carbocycles. The number of hydrogen-bond donors (Lipinski definition) is 0. The number of allylic oxidation sites excluding steroid dienone is 1. The topological polar surface area (TPSA) is 88.7 Å². The zero-order valence-electron chi connectivity index (χ0n) is 16.9. The van der Waals surface area contributed by atoms with Gasteiger partial charge in [-0.1, -0.05) is 30.0 Å². The molecule has 2 amide bonds. The van der Waals surface area contributed by atoms with Crippen LogP contribution in [0.5, 0.6) is 0 Å². The van der Waals surface area contributed by atoms with Crippen molar-refractivity contribution in [3.05, 3.63) is 71.4 Å². The summed E-state index contributed by atoms with van der Waals surface area (Å²) >= 11 is 1.24. The third-order valence-electron chi connectivity index (χ3n) is 5.11. The van der Waals surface area contributed by atoms with E-state index in [1.807, 2.05) is 6.07 Å². The van der Waals surface area contributed by atoms with Crippen LogP contribution in [0.2, 0.25) is 0 Å². The number of piperazine rings is 1. The Balaban J connectivity index is 1.41. The van der Waals surface area contributed by atoms with Crippen molar-refractivity contribution in [3.63, 3.8) is 0 Å². The minimum absolute atomic E-state index is 0.0531. The van der Waals surface area contributed by atoms with Gasteiger partial charge in [-0.25, -0.2) is 4.98 Å². The van der Waals surface area contributed by atoms with Gasteiger partial charge >= 0.3 is 0 Å². The molecule has 3 heterocycles. The lowest BCUT2D eigenvalue weighted by molar-refractivity contribution is -0.129. The minimum atomic E-state index is -0.166. The van der Waals surface area contributed by atoms with Gasteiger partial charge in [0.15, 0.2) is 10.9 Å². The van der Waals surface area contributed by atoms with Crippen molar-refractivity contribution in [2.24, 2.45) is 0 Å². The molecule has 1 saturated heterocycles. The van der Waals surface area contributed by atoms with Gasteiger partial charge in [0, 0.05) is 32.7 Å². The first-order valence-corrected chi connectivity index (χ1v) is 10.9. The van der Waals surface area contributed by atoms with E-state index < -0.39 is 0 Å². The summed E-state index contributed by atoms with van der Waals surface area (Å²) in [5.41, 5.74) is 0.457. The SMILES string of the molecule is C=CCn1c(SCC(=O)N2CCN(C(=O)c3ccco3)CC2)nc2ccccc2c1=O. The number of benzene rings is 1. The summed E-state index contributed by atoms with van der Waals surface area (Å²) in [7, 11) is 0. The van der Waals surface area contributed by atoms with E-state index in [4.69, 9.17) is 4.42 Å². The van der Waals surface area contributed by atoms with Gasteiger partial charge in [0.25, 0.3) is 11.5 Å². The van der Waals surface area contributed by atoms with Crippen LogP contribution in [0, 0.1) is 0 Å². The van der Waals surface area contributed by atoms with E-state index in [-0.39, 0.29) is 23.1 Å². The Morgan fingerprint density at radius 2 is 1.84 bits per heavy atom. The number of aromatic nitrogens is 2. The van der Waals surface area contributed by atoms with Gasteiger partial charge in [-0.3, -0.25) is 19.0 Å². The molecule has 0 N–H and O–H groups in total. The van der Waals surface area contributed by atoms with Crippen molar-refractivity contribution in [3.8, 4) is 0 Å². The minimum Gasteiger partial charge on any atom is -0.459 e.